The molecule has 1 aliphatic heterocycles. The highest BCUT2D eigenvalue weighted by Crippen LogP contribution is 2.21. The van der Waals surface area contributed by atoms with Crippen molar-refractivity contribution in [2.75, 3.05) is 13.6 Å². The predicted octanol–water partition coefficient (Wildman–Crippen LogP) is 0.604. The van der Waals surface area contributed by atoms with Gasteiger partial charge in [-0.1, -0.05) is 0 Å². The Labute approximate surface area is 116 Å². The summed E-state index contributed by atoms with van der Waals surface area (Å²) in [6.07, 6.45) is 1.59. The van der Waals surface area contributed by atoms with Gasteiger partial charge in [-0.15, -0.1) is 0 Å². The molecular formula is C12H19N5O3. The number of aromatic nitrogens is 3. The lowest BCUT2D eigenvalue weighted by Gasteiger charge is -2.28. The van der Waals surface area contributed by atoms with E-state index in [9.17, 15) is 9.59 Å². The number of likely N-dealkylation sites (tertiary alicyclic amines) is 1. The third-order valence-corrected chi connectivity index (χ3v) is 3.38. The van der Waals surface area contributed by atoms with Crippen LogP contribution < -0.4 is 0 Å². The minimum Gasteiger partial charge on any atom is -0.481 e. The highest BCUT2D eigenvalue weighted by Gasteiger charge is 2.32. The number of aromatic amines is 1. The monoisotopic (exact) mass is 281 g/mol. The summed E-state index contributed by atoms with van der Waals surface area (Å²) in [5, 5.41) is 15.6. The number of rotatable bonds is 4. The SMILES string of the molecule is Cc1nc(CN(C)C(=O)N2CCCC2CC(=O)O)n[nH]1. The molecule has 0 saturated carbocycles. The molecule has 0 spiro atoms. The quantitative estimate of drug-likeness (QED) is 0.841. The van der Waals surface area contributed by atoms with Gasteiger partial charge in [-0.05, 0) is 19.8 Å². The summed E-state index contributed by atoms with van der Waals surface area (Å²) in [5.74, 6) is 0.375. The average Bonchev–Trinajstić information content (AvgIpc) is 2.97. The second kappa shape index (κ2) is 5.89. The molecule has 0 aliphatic carbocycles. The summed E-state index contributed by atoms with van der Waals surface area (Å²) in [5.41, 5.74) is 0. The smallest absolute Gasteiger partial charge is 0.320 e. The lowest BCUT2D eigenvalue weighted by molar-refractivity contribution is -0.138. The number of amides is 2. The standard InChI is InChI=1S/C12H19N5O3/c1-8-13-10(15-14-8)7-16(2)12(20)17-5-3-4-9(17)6-11(18)19/h9H,3-7H2,1-2H3,(H,18,19)(H,13,14,15). The van der Waals surface area contributed by atoms with E-state index in [1.807, 2.05) is 0 Å². The number of nitrogens with zero attached hydrogens (tertiary/aromatic N) is 4. The van der Waals surface area contributed by atoms with E-state index in [0.717, 1.165) is 12.8 Å². The van der Waals surface area contributed by atoms with Crippen LogP contribution in [0.5, 0.6) is 0 Å². The second-order valence-corrected chi connectivity index (χ2v) is 5.06. The first-order valence-electron chi connectivity index (χ1n) is 6.58. The van der Waals surface area contributed by atoms with Crippen LogP contribution in [0.15, 0.2) is 0 Å². The van der Waals surface area contributed by atoms with Gasteiger partial charge < -0.3 is 14.9 Å². The van der Waals surface area contributed by atoms with Gasteiger partial charge in [0.05, 0.1) is 13.0 Å². The Morgan fingerprint density at radius 3 is 2.90 bits per heavy atom. The fourth-order valence-corrected chi connectivity index (χ4v) is 2.46. The lowest BCUT2D eigenvalue weighted by atomic mass is 10.1. The van der Waals surface area contributed by atoms with Crippen LogP contribution >= 0.6 is 0 Å². The van der Waals surface area contributed by atoms with Gasteiger partial charge in [0.15, 0.2) is 5.82 Å². The molecule has 20 heavy (non-hydrogen) atoms. The minimum atomic E-state index is -0.873. The van der Waals surface area contributed by atoms with E-state index in [4.69, 9.17) is 5.11 Å². The van der Waals surface area contributed by atoms with Crippen LogP contribution in [0.3, 0.4) is 0 Å². The maximum atomic E-state index is 12.3. The summed E-state index contributed by atoms with van der Waals surface area (Å²) in [7, 11) is 1.67. The maximum absolute atomic E-state index is 12.3. The molecule has 1 aromatic rings. The van der Waals surface area contributed by atoms with E-state index in [0.29, 0.717) is 24.7 Å². The molecule has 1 aromatic heterocycles. The van der Waals surface area contributed by atoms with E-state index < -0.39 is 5.97 Å². The largest absolute Gasteiger partial charge is 0.481 e. The molecule has 1 unspecified atom stereocenters. The Morgan fingerprint density at radius 2 is 2.30 bits per heavy atom. The Bertz CT molecular complexity index is 501. The normalized spacial score (nSPS) is 18.3. The number of carboxylic acid groups (broad SMARTS) is 1. The number of carboxylic acids is 1. The predicted molar refractivity (Wildman–Crippen MR) is 70.0 cm³/mol. The minimum absolute atomic E-state index is 0.000652. The van der Waals surface area contributed by atoms with Crippen molar-refractivity contribution < 1.29 is 14.7 Å². The van der Waals surface area contributed by atoms with Crippen LogP contribution in [0.25, 0.3) is 0 Å². The van der Waals surface area contributed by atoms with Crippen LogP contribution in [0.1, 0.15) is 30.9 Å². The number of hydrogen-bond donors (Lipinski definition) is 2. The lowest BCUT2D eigenvalue weighted by Crippen LogP contribution is -2.44. The van der Waals surface area contributed by atoms with E-state index in [1.54, 1.807) is 18.9 Å². The third kappa shape index (κ3) is 3.25. The van der Waals surface area contributed by atoms with E-state index in [2.05, 4.69) is 15.2 Å². The Balaban J connectivity index is 1.97. The number of H-pyrrole nitrogens is 1. The Morgan fingerprint density at radius 1 is 1.55 bits per heavy atom. The molecular weight excluding hydrogens is 262 g/mol. The summed E-state index contributed by atoms with van der Waals surface area (Å²) >= 11 is 0. The molecule has 0 bridgehead atoms. The van der Waals surface area contributed by atoms with Crippen molar-refractivity contribution in [3.05, 3.63) is 11.6 Å². The molecule has 1 atom stereocenters. The van der Waals surface area contributed by atoms with Gasteiger partial charge in [-0.2, -0.15) is 5.10 Å². The molecule has 0 radical (unpaired) electrons. The van der Waals surface area contributed by atoms with Crippen molar-refractivity contribution in [2.45, 2.75) is 38.8 Å². The first kappa shape index (κ1) is 14.3. The molecule has 8 heteroatoms. The molecule has 1 aliphatic rings. The van der Waals surface area contributed by atoms with Gasteiger partial charge in [0, 0.05) is 19.6 Å². The second-order valence-electron chi connectivity index (χ2n) is 5.06. The van der Waals surface area contributed by atoms with Gasteiger partial charge in [-0.3, -0.25) is 9.89 Å². The van der Waals surface area contributed by atoms with Crippen LogP contribution in [-0.2, 0) is 11.3 Å². The fraction of sp³-hybridized carbons (Fsp3) is 0.667. The first-order chi connectivity index (χ1) is 9.47. The van der Waals surface area contributed by atoms with Crippen LogP contribution in [-0.4, -0.2) is 61.7 Å². The highest BCUT2D eigenvalue weighted by atomic mass is 16.4. The molecule has 1 fully saturated rings. The van der Waals surface area contributed by atoms with Crippen molar-refractivity contribution in [2.24, 2.45) is 0 Å². The Hall–Kier alpha value is -2.12. The summed E-state index contributed by atoms with van der Waals surface area (Å²) < 4.78 is 0. The number of hydrogen-bond acceptors (Lipinski definition) is 4. The number of aryl methyl sites for hydroxylation is 1. The number of nitrogens with one attached hydrogen (secondary N) is 1. The Kier molecular flexibility index (Phi) is 4.21. The number of carbonyl (C=O) groups is 2. The number of aliphatic carboxylic acids is 1. The van der Waals surface area contributed by atoms with Gasteiger partial charge in [0.25, 0.3) is 0 Å². The maximum Gasteiger partial charge on any atom is 0.320 e. The molecule has 8 nitrogen and oxygen atoms in total. The summed E-state index contributed by atoms with van der Waals surface area (Å²) in [4.78, 5) is 30.5. The van der Waals surface area contributed by atoms with Gasteiger partial charge in [0.1, 0.15) is 5.82 Å². The van der Waals surface area contributed by atoms with Gasteiger partial charge in [0.2, 0.25) is 0 Å². The van der Waals surface area contributed by atoms with Crippen molar-refractivity contribution in [3.63, 3.8) is 0 Å². The van der Waals surface area contributed by atoms with Crippen molar-refractivity contribution >= 4 is 12.0 Å². The molecule has 2 amide bonds. The van der Waals surface area contributed by atoms with E-state index >= 15 is 0 Å². The van der Waals surface area contributed by atoms with Crippen molar-refractivity contribution in [3.8, 4) is 0 Å². The molecule has 2 rings (SSSR count). The first-order valence-corrected chi connectivity index (χ1v) is 6.58. The molecule has 0 aromatic carbocycles. The topological polar surface area (TPSA) is 102 Å². The van der Waals surface area contributed by atoms with Crippen LogP contribution in [0.4, 0.5) is 4.79 Å². The van der Waals surface area contributed by atoms with Gasteiger partial charge in [-0.25, -0.2) is 9.78 Å². The zero-order chi connectivity index (χ0) is 14.7. The molecule has 2 heterocycles. The van der Waals surface area contributed by atoms with Crippen molar-refractivity contribution in [1.29, 1.82) is 0 Å². The molecule has 2 N–H and O–H groups in total. The zero-order valence-electron chi connectivity index (χ0n) is 11.7. The van der Waals surface area contributed by atoms with Crippen molar-refractivity contribution in [1.82, 2.24) is 25.0 Å². The zero-order valence-corrected chi connectivity index (χ0v) is 11.7. The number of carbonyl (C=O) groups excluding carboxylic acids is 1. The molecule has 1 saturated heterocycles. The van der Waals surface area contributed by atoms with Gasteiger partial charge >= 0.3 is 12.0 Å². The number of urea groups is 1. The van der Waals surface area contributed by atoms with Crippen LogP contribution in [0.2, 0.25) is 0 Å². The average molecular weight is 281 g/mol. The van der Waals surface area contributed by atoms with E-state index in [1.165, 1.54) is 4.90 Å². The fourth-order valence-electron chi connectivity index (χ4n) is 2.46. The van der Waals surface area contributed by atoms with Crippen LogP contribution in [0, 0.1) is 6.92 Å². The molecule has 110 valence electrons. The summed E-state index contributed by atoms with van der Waals surface area (Å²) in [6, 6.07) is -0.382. The third-order valence-electron chi connectivity index (χ3n) is 3.38. The van der Waals surface area contributed by atoms with E-state index in [-0.39, 0.29) is 18.5 Å². The summed E-state index contributed by atoms with van der Waals surface area (Å²) in [6.45, 7) is 2.70. The highest BCUT2D eigenvalue weighted by molar-refractivity contribution is 5.76.